The summed E-state index contributed by atoms with van der Waals surface area (Å²) in [6.45, 7) is 4.98. The molecule has 5 nitrogen and oxygen atoms in total. The molecular formula is C23H26Cl2N2O3. The highest BCUT2D eigenvalue weighted by molar-refractivity contribution is 6.32. The van der Waals surface area contributed by atoms with E-state index in [2.05, 4.69) is 24.1 Å². The van der Waals surface area contributed by atoms with E-state index < -0.39 is 0 Å². The molecule has 3 rings (SSSR count). The fraction of sp³-hybridized carbons (Fsp3) is 0.391. The molecule has 1 amide bonds. The summed E-state index contributed by atoms with van der Waals surface area (Å²) in [4.78, 5) is 26.5. The van der Waals surface area contributed by atoms with Gasteiger partial charge in [0.2, 0.25) is 5.91 Å². The molecule has 30 heavy (non-hydrogen) atoms. The molecule has 1 fully saturated rings. The zero-order valence-corrected chi connectivity index (χ0v) is 18.6. The summed E-state index contributed by atoms with van der Waals surface area (Å²) in [5.74, 6) is 1.28. The van der Waals surface area contributed by atoms with Gasteiger partial charge < -0.3 is 15.0 Å². The van der Waals surface area contributed by atoms with Crippen LogP contribution in [0, 0.1) is 5.92 Å². The first-order valence-corrected chi connectivity index (χ1v) is 10.9. The van der Waals surface area contributed by atoms with Crippen LogP contribution in [0.25, 0.3) is 5.57 Å². The number of H-pyrrole nitrogens is 1. The van der Waals surface area contributed by atoms with Crippen molar-refractivity contribution in [3.05, 3.63) is 68.1 Å². The summed E-state index contributed by atoms with van der Waals surface area (Å²) in [5.41, 5.74) is 1.82. The maximum Gasteiger partial charge on any atom is 0.267 e. The molecule has 1 aromatic heterocycles. The van der Waals surface area contributed by atoms with E-state index in [1.807, 2.05) is 24.3 Å². The van der Waals surface area contributed by atoms with E-state index in [0.717, 1.165) is 24.0 Å². The van der Waals surface area contributed by atoms with Crippen molar-refractivity contribution in [1.82, 2.24) is 10.3 Å². The summed E-state index contributed by atoms with van der Waals surface area (Å²) in [5, 5.41) is 3.54. The number of hydrogen-bond acceptors (Lipinski definition) is 3. The second-order valence-electron chi connectivity index (χ2n) is 7.87. The summed E-state index contributed by atoms with van der Waals surface area (Å²) < 4.78 is 5.83. The normalized spacial score (nSPS) is 16.8. The summed E-state index contributed by atoms with van der Waals surface area (Å²) in [7, 11) is 0. The van der Waals surface area contributed by atoms with Crippen LogP contribution >= 0.6 is 23.2 Å². The van der Waals surface area contributed by atoms with Gasteiger partial charge in [0, 0.05) is 23.7 Å². The van der Waals surface area contributed by atoms with Crippen LogP contribution in [-0.4, -0.2) is 23.5 Å². The summed E-state index contributed by atoms with van der Waals surface area (Å²) in [6.07, 6.45) is 5.19. The second-order valence-corrected chi connectivity index (χ2v) is 8.69. The van der Waals surface area contributed by atoms with Gasteiger partial charge in [-0.25, -0.2) is 0 Å². The van der Waals surface area contributed by atoms with Crippen molar-refractivity contribution in [1.29, 1.82) is 0 Å². The number of benzene rings is 1. The van der Waals surface area contributed by atoms with Gasteiger partial charge in [0.1, 0.15) is 10.8 Å². The van der Waals surface area contributed by atoms with Crippen molar-refractivity contribution in [2.24, 2.45) is 5.92 Å². The smallest absolute Gasteiger partial charge is 0.267 e. The zero-order chi connectivity index (χ0) is 21.7. The van der Waals surface area contributed by atoms with Gasteiger partial charge >= 0.3 is 0 Å². The predicted octanol–water partition coefficient (Wildman–Crippen LogP) is 5.21. The third-order valence-corrected chi connectivity index (χ3v) is 5.57. The van der Waals surface area contributed by atoms with Crippen LogP contribution in [0.5, 0.6) is 5.75 Å². The van der Waals surface area contributed by atoms with E-state index in [1.165, 1.54) is 0 Å². The molecule has 1 atom stereocenters. The number of pyridine rings is 1. The molecule has 0 bridgehead atoms. The highest BCUT2D eigenvalue weighted by atomic mass is 35.5. The molecule has 0 unspecified atom stereocenters. The Bertz CT molecular complexity index is 998. The van der Waals surface area contributed by atoms with Crippen molar-refractivity contribution in [3.8, 4) is 5.75 Å². The fourth-order valence-corrected chi connectivity index (χ4v) is 3.72. The van der Waals surface area contributed by atoms with Crippen molar-refractivity contribution in [3.63, 3.8) is 0 Å². The number of nitrogens with one attached hydrogen (secondary N) is 2. The van der Waals surface area contributed by atoms with Gasteiger partial charge in [-0.3, -0.25) is 9.59 Å². The molecule has 0 spiro atoms. The molecule has 2 heterocycles. The number of ether oxygens (including phenoxy) is 1. The molecule has 1 aromatic carbocycles. The van der Waals surface area contributed by atoms with Gasteiger partial charge in [-0.1, -0.05) is 49.2 Å². The maximum atomic E-state index is 12.0. The molecule has 2 aromatic rings. The molecule has 1 saturated heterocycles. The van der Waals surface area contributed by atoms with Crippen molar-refractivity contribution < 1.29 is 9.53 Å². The standard InChI is InChI=1S/C23H26Cl2N2O3/c1-14(2)4-3-11-30-21-9-5-15(12-19(21)25)17(13-16-6-10-22(28)26-16)20-8-7-18(24)23(29)27-20/h5,7-9,12-14,16H,3-4,6,10-11H2,1-2H3,(H,26,28)(H,27,29)/b17-13+/t16-/m1/s1. The fourth-order valence-electron chi connectivity index (χ4n) is 3.38. The second kappa shape index (κ2) is 10.2. The average molecular weight is 449 g/mol. The molecule has 2 N–H and O–H groups in total. The van der Waals surface area contributed by atoms with Crippen LogP contribution in [-0.2, 0) is 4.79 Å². The van der Waals surface area contributed by atoms with Crippen molar-refractivity contribution in [2.45, 2.75) is 45.6 Å². The number of aromatic nitrogens is 1. The van der Waals surface area contributed by atoms with Crippen molar-refractivity contribution in [2.75, 3.05) is 6.61 Å². The van der Waals surface area contributed by atoms with Gasteiger partial charge in [-0.15, -0.1) is 0 Å². The molecular weight excluding hydrogens is 423 g/mol. The molecule has 0 radical (unpaired) electrons. The molecule has 0 saturated carbocycles. The van der Waals surface area contributed by atoms with Crippen LogP contribution in [0.15, 0.2) is 41.2 Å². The van der Waals surface area contributed by atoms with Crippen LogP contribution in [0.2, 0.25) is 10.0 Å². The molecule has 7 heteroatoms. The number of hydrogen-bond donors (Lipinski definition) is 2. The monoisotopic (exact) mass is 448 g/mol. The third-order valence-electron chi connectivity index (χ3n) is 4.97. The highest BCUT2D eigenvalue weighted by Gasteiger charge is 2.21. The lowest BCUT2D eigenvalue weighted by Crippen LogP contribution is -2.23. The topological polar surface area (TPSA) is 71.2 Å². The van der Waals surface area contributed by atoms with E-state index in [-0.39, 0.29) is 22.5 Å². The third kappa shape index (κ3) is 5.89. The number of halogens is 2. The Morgan fingerprint density at radius 1 is 1.20 bits per heavy atom. The number of carbonyl (C=O) groups excluding carboxylic acids is 1. The van der Waals surface area contributed by atoms with Crippen LogP contribution < -0.4 is 15.6 Å². The Morgan fingerprint density at radius 3 is 2.63 bits per heavy atom. The van der Waals surface area contributed by atoms with Gasteiger partial charge in [-0.2, -0.15) is 0 Å². The first-order chi connectivity index (χ1) is 14.3. The summed E-state index contributed by atoms with van der Waals surface area (Å²) in [6, 6.07) is 8.74. The van der Waals surface area contributed by atoms with Crippen molar-refractivity contribution >= 4 is 34.7 Å². The predicted molar refractivity (Wildman–Crippen MR) is 121 cm³/mol. The molecule has 0 aliphatic carbocycles. The molecule has 1 aliphatic heterocycles. The molecule has 1 aliphatic rings. The number of amides is 1. The van der Waals surface area contributed by atoms with E-state index in [9.17, 15) is 9.59 Å². The Labute approximate surface area is 186 Å². The Morgan fingerprint density at radius 2 is 2.00 bits per heavy atom. The van der Waals surface area contributed by atoms with E-state index in [4.69, 9.17) is 27.9 Å². The minimum absolute atomic E-state index is 0.0170. The lowest BCUT2D eigenvalue weighted by molar-refractivity contribution is -0.119. The quantitative estimate of drug-likeness (QED) is 0.544. The first kappa shape index (κ1) is 22.4. The zero-order valence-electron chi connectivity index (χ0n) is 17.1. The average Bonchev–Trinajstić information content (AvgIpc) is 3.11. The SMILES string of the molecule is CC(C)CCCOc1ccc(/C(=C\[C@H]2CCC(=O)N2)c2ccc(Cl)c(=O)[nH]2)cc1Cl. The van der Waals surface area contributed by atoms with E-state index in [1.54, 1.807) is 12.1 Å². The van der Waals surface area contributed by atoms with Crippen LogP contribution in [0.1, 0.15) is 50.8 Å². The van der Waals surface area contributed by atoms with Gasteiger partial charge in [0.15, 0.2) is 0 Å². The van der Waals surface area contributed by atoms with Crippen LogP contribution in [0.3, 0.4) is 0 Å². The lowest BCUT2D eigenvalue weighted by Gasteiger charge is -2.14. The Hall–Kier alpha value is -2.24. The van der Waals surface area contributed by atoms with E-state index in [0.29, 0.717) is 41.8 Å². The first-order valence-electron chi connectivity index (χ1n) is 10.2. The Balaban J connectivity index is 1.88. The maximum absolute atomic E-state index is 12.0. The number of carbonyl (C=O) groups is 1. The Kier molecular flexibility index (Phi) is 7.62. The largest absolute Gasteiger partial charge is 0.492 e. The van der Waals surface area contributed by atoms with Crippen LogP contribution in [0.4, 0.5) is 0 Å². The lowest BCUT2D eigenvalue weighted by atomic mass is 9.99. The van der Waals surface area contributed by atoms with Gasteiger partial charge in [0.05, 0.1) is 11.6 Å². The number of aromatic amines is 1. The van der Waals surface area contributed by atoms with Gasteiger partial charge in [-0.05, 0) is 55.0 Å². The number of rotatable bonds is 8. The molecule has 160 valence electrons. The minimum Gasteiger partial charge on any atom is -0.492 e. The summed E-state index contributed by atoms with van der Waals surface area (Å²) >= 11 is 12.4. The minimum atomic E-state index is -0.369. The highest BCUT2D eigenvalue weighted by Crippen LogP contribution is 2.31. The van der Waals surface area contributed by atoms with Gasteiger partial charge in [0.25, 0.3) is 5.56 Å². The van der Waals surface area contributed by atoms with E-state index >= 15 is 0 Å².